The van der Waals surface area contributed by atoms with Gasteiger partial charge in [-0.05, 0) is 108 Å². The fourth-order valence-electron chi connectivity index (χ4n) is 10.1. The van der Waals surface area contributed by atoms with Gasteiger partial charge in [0, 0.05) is 33.2 Å². The number of benzene rings is 11. The second-order valence-electron chi connectivity index (χ2n) is 17.2. The van der Waals surface area contributed by atoms with Gasteiger partial charge in [0.25, 0.3) is 0 Å². The van der Waals surface area contributed by atoms with Crippen LogP contribution in [0.25, 0.3) is 127 Å². The van der Waals surface area contributed by atoms with Crippen molar-refractivity contribution in [1.82, 2.24) is 19.5 Å². The molecule has 13 rings (SSSR count). The monoisotopic (exact) mass is 852 g/mol. The molecule has 2 aromatic heterocycles. The third-order valence-electron chi connectivity index (χ3n) is 13.2. The summed E-state index contributed by atoms with van der Waals surface area (Å²) in [6, 6.07) is 86.5. The summed E-state index contributed by atoms with van der Waals surface area (Å²) >= 11 is 0. The maximum atomic E-state index is 5.33. The van der Waals surface area contributed by atoms with Gasteiger partial charge in [0.05, 0.1) is 11.0 Å². The second-order valence-corrected chi connectivity index (χ2v) is 17.2. The first-order chi connectivity index (χ1) is 33.2. The molecule has 0 aliphatic rings. The quantitative estimate of drug-likeness (QED) is 0.118. The summed E-state index contributed by atoms with van der Waals surface area (Å²) in [6.45, 7) is 0. The minimum absolute atomic E-state index is 0.613. The van der Waals surface area contributed by atoms with Crippen LogP contribution >= 0.6 is 0 Å². The molecule has 0 bridgehead atoms. The van der Waals surface area contributed by atoms with Crippen molar-refractivity contribution >= 4 is 54.1 Å². The maximum Gasteiger partial charge on any atom is 0.164 e. The molecule has 0 aliphatic heterocycles. The fourth-order valence-corrected chi connectivity index (χ4v) is 10.1. The molecule has 0 amide bonds. The predicted octanol–water partition coefficient (Wildman–Crippen LogP) is 16.4. The molecule has 0 spiro atoms. The van der Waals surface area contributed by atoms with E-state index in [1.807, 2.05) is 6.07 Å². The number of hydrogen-bond acceptors (Lipinski definition) is 3. The molecule has 11 aromatic carbocycles. The van der Waals surface area contributed by atoms with Crippen LogP contribution < -0.4 is 0 Å². The fraction of sp³-hybridized carbons (Fsp3) is 0. The summed E-state index contributed by atoms with van der Waals surface area (Å²) in [4.78, 5) is 15.9. The molecule has 67 heavy (non-hydrogen) atoms. The van der Waals surface area contributed by atoms with Gasteiger partial charge in [-0.1, -0.05) is 200 Å². The van der Waals surface area contributed by atoms with E-state index >= 15 is 0 Å². The first-order valence-corrected chi connectivity index (χ1v) is 22.8. The Morgan fingerprint density at radius 3 is 1.66 bits per heavy atom. The normalized spacial score (nSPS) is 11.6. The Hall–Kier alpha value is -8.99. The smallest absolute Gasteiger partial charge is 0.164 e. The SMILES string of the molecule is c1ccc(-c2cccc(-c3nc(-c4ccc(-c5c6ccccc6cc6c5ccc5ccccc56)cc4)nc(-c4ccccc4-c4ccc5c(c4)c4ccccc4n5-c4ccccc4)n3)c2)cc1. The van der Waals surface area contributed by atoms with Crippen molar-refractivity contribution in [3.05, 3.63) is 243 Å². The van der Waals surface area contributed by atoms with Crippen LogP contribution in [0.5, 0.6) is 0 Å². The van der Waals surface area contributed by atoms with E-state index in [2.05, 4.69) is 241 Å². The molecule has 0 N–H and O–H groups in total. The van der Waals surface area contributed by atoms with E-state index in [4.69, 9.17) is 15.0 Å². The summed E-state index contributed by atoms with van der Waals surface area (Å²) in [5.74, 6) is 1.84. The van der Waals surface area contributed by atoms with Crippen LogP contribution in [-0.2, 0) is 0 Å². The van der Waals surface area contributed by atoms with Crippen LogP contribution in [0.2, 0.25) is 0 Å². The van der Waals surface area contributed by atoms with Gasteiger partial charge in [-0.3, -0.25) is 0 Å². The van der Waals surface area contributed by atoms with Crippen LogP contribution in [0.1, 0.15) is 0 Å². The highest BCUT2D eigenvalue weighted by molar-refractivity contribution is 6.20. The Morgan fingerprint density at radius 2 is 0.836 bits per heavy atom. The van der Waals surface area contributed by atoms with Gasteiger partial charge < -0.3 is 4.57 Å². The lowest BCUT2D eigenvalue weighted by atomic mass is 9.89. The maximum absolute atomic E-state index is 5.33. The lowest BCUT2D eigenvalue weighted by Crippen LogP contribution is -2.01. The van der Waals surface area contributed by atoms with Crippen molar-refractivity contribution in [2.45, 2.75) is 0 Å². The van der Waals surface area contributed by atoms with E-state index in [9.17, 15) is 0 Å². The molecule has 4 heteroatoms. The van der Waals surface area contributed by atoms with E-state index in [1.165, 1.54) is 54.2 Å². The van der Waals surface area contributed by atoms with Crippen LogP contribution in [0, 0.1) is 0 Å². The van der Waals surface area contributed by atoms with Gasteiger partial charge in [0.1, 0.15) is 0 Å². The zero-order valence-electron chi connectivity index (χ0n) is 36.4. The molecule has 0 saturated carbocycles. The molecular weight excluding hydrogens is 813 g/mol. The number of rotatable bonds is 7. The number of hydrogen-bond donors (Lipinski definition) is 0. The van der Waals surface area contributed by atoms with Gasteiger partial charge in [0.15, 0.2) is 17.5 Å². The van der Waals surface area contributed by atoms with Crippen molar-refractivity contribution in [1.29, 1.82) is 0 Å². The third kappa shape index (κ3) is 6.65. The number of aromatic nitrogens is 4. The van der Waals surface area contributed by atoms with E-state index in [-0.39, 0.29) is 0 Å². The largest absolute Gasteiger partial charge is 0.309 e. The van der Waals surface area contributed by atoms with Gasteiger partial charge in [0.2, 0.25) is 0 Å². The Bertz CT molecular complexity index is 4020. The van der Waals surface area contributed by atoms with Crippen LogP contribution in [-0.4, -0.2) is 19.5 Å². The van der Waals surface area contributed by atoms with E-state index < -0.39 is 0 Å². The number of fused-ring (bicyclic) bond motifs is 7. The van der Waals surface area contributed by atoms with Gasteiger partial charge >= 0.3 is 0 Å². The Morgan fingerprint density at radius 1 is 0.254 bits per heavy atom. The molecule has 2 heterocycles. The lowest BCUT2D eigenvalue weighted by Gasteiger charge is -2.15. The third-order valence-corrected chi connectivity index (χ3v) is 13.2. The first kappa shape index (κ1) is 38.5. The molecule has 0 unspecified atom stereocenters. The first-order valence-electron chi connectivity index (χ1n) is 22.8. The van der Waals surface area contributed by atoms with Gasteiger partial charge in [-0.15, -0.1) is 0 Å². The van der Waals surface area contributed by atoms with Crippen molar-refractivity contribution < 1.29 is 0 Å². The van der Waals surface area contributed by atoms with Crippen molar-refractivity contribution in [2.75, 3.05) is 0 Å². The van der Waals surface area contributed by atoms with E-state index in [0.717, 1.165) is 55.7 Å². The summed E-state index contributed by atoms with van der Waals surface area (Å²) < 4.78 is 2.35. The average molecular weight is 853 g/mol. The van der Waals surface area contributed by atoms with Crippen molar-refractivity contribution in [3.63, 3.8) is 0 Å². The predicted molar refractivity (Wildman–Crippen MR) is 279 cm³/mol. The van der Waals surface area contributed by atoms with Crippen LogP contribution in [0.15, 0.2) is 243 Å². The van der Waals surface area contributed by atoms with Crippen LogP contribution in [0.3, 0.4) is 0 Å². The molecule has 0 atom stereocenters. The average Bonchev–Trinajstić information content (AvgIpc) is 3.74. The Labute approximate surface area is 387 Å². The number of nitrogens with zero attached hydrogens (tertiary/aromatic N) is 4. The lowest BCUT2D eigenvalue weighted by molar-refractivity contribution is 1.07. The molecule has 0 radical (unpaired) electrons. The molecule has 0 saturated heterocycles. The summed E-state index contributed by atoms with van der Waals surface area (Å²) in [6.07, 6.45) is 0. The summed E-state index contributed by atoms with van der Waals surface area (Å²) in [5, 5.41) is 9.80. The summed E-state index contributed by atoms with van der Waals surface area (Å²) in [7, 11) is 0. The molecule has 312 valence electrons. The number of para-hydroxylation sites is 2. The molecular formula is C63H40N4. The van der Waals surface area contributed by atoms with Crippen molar-refractivity contribution in [2.24, 2.45) is 0 Å². The van der Waals surface area contributed by atoms with Crippen LogP contribution in [0.4, 0.5) is 0 Å². The summed E-state index contributed by atoms with van der Waals surface area (Å²) in [5.41, 5.74) is 13.0. The highest BCUT2D eigenvalue weighted by atomic mass is 15.0. The minimum atomic E-state index is 0.613. The second kappa shape index (κ2) is 15.9. The highest BCUT2D eigenvalue weighted by Gasteiger charge is 2.19. The topological polar surface area (TPSA) is 43.6 Å². The zero-order valence-corrected chi connectivity index (χ0v) is 36.4. The molecule has 0 aliphatic carbocycles. The van der Waals surface area contributed by atoms with Gasteiger partial charge in [-0.2, -0.15) is 0 Å². The Kier molecular flexibility index (Phi) is 9.14. The molecule has 4 nitrogen and oxygen atoms in total. The van der Waals surface area contributed by atoms with E-state index in [1.54, 1.807) is 0 Å². The molecule has 0 fully saturated rings. The molecule has 13 aromatic rings. The van der Waals surface area contributed by atoms with Crippen molar-refractivity contribution in [3.8, 4) is 73.2 Å². The Balaban J connectivity index is 0.975. The minimum Gasteiger partial charge on any atom is -0.309 e. The standard InChI is InChI=1S/C63H40N4/c1-3-16-41(17-4-1)45-20-15-21-48(38-45)62-64-61(44-32-30-43(31-33-44)60-52-26-10-8-19-46(52)39-56-50-24-9-7-18-42(50)34-36-54(56)60)65-63(66-62)55-28-12-11-25-51(55)47-35-37-59-57(40-47)53-27-13-14-29-58(53)67(59)49-22-5-2-6-23-49/h1-40H. The zero-order chi connectivity index (χ0) is 44.3. The van der Waals surface area contributed by atoms with Gasteiger partial charge in [-0.25, -0.2) is 15.0 Å². The highest BCUT2D eigenvalue weighted by Crippen LogP contribution is 2.41. The van der Waals surface area contributed by atoms with E-state index in [0.29, 0.717) is 17.5 Å².